The Balaban J connectivity index is 1.93. The average Bonchev–Trinajstić information content (AvgIpc) is 2.50. The zero-order valence-corrected chi connectivity index (χ0v) is 11.4. The first-order valence-electron chi connectivity index (χ1n) is 6.50. The van der Waals surface area contributed by atoms with Crippen LogP contribution in [0.25, 0.3) is 11.5 Å². The van der Waals surface area contributed by atoms with E-state index in [1.54, 1.807) is 18.3 Å². The maximum atomic E-state index is 12.9. The second-order valence-electron chi connectivity index (χ2n) is 4.57. The molecule has 0 aliphatic carbocycles. The van der Waals surface area contributed by atoms with Gasteiger partial charge in [0, 0.05) is 23.6 Å². The van der Waals surface area contributed by atoms with Crippen LogP contribution >= 0.6 is 0 Å². The number of hydrogen-bond donors (Lipinski definition) is 1. The SMILES string of the molecule is Cc1cc(Nc2ccc(F)cc2)nc(-c2ccccn2)n1. The van der Waals surface area contributed by atoms with Crippen LogP contribution in [0.2, 0.25) is 0 Å². The summed E-state index contributed by atoms with van der Waals surface area (Å²) in [5.41, 5.74) is 2.31. The van der Waals surface area contributed by atoms with Crippen molar-refractivity contribution in [2.45, 2.75) is 6.92 Å². The lowest BCUT2D eigenvalue weighted by Gasteiger charge is -2.08. The lowest BCUT2D eigenvalue weighted by Crippen LogP contribution is -2.00. The third-order valence-electron chi connectivity index (χ3n) is 2.86. The topological polar surface area (TPSA) is 50.7 Å². The molecule has 0 aliphatic rings. The van der Waals surface area contributed by atoms with Gasteiger partial charge in [0.2, 0.25) is 0 Å². The summed E-state index contributed by atoms with van der Waals surface area (Å²) in [4.78, 5) is 13.1. The van der Waals surface area contributed by atoms with Crippen molar-refractivity contribution in [1.29, 1.82) is 0 Å². The second-order valence-corrected chi connectivity index (χ2v) is 4.57. The number of halogens is 1. The van der Waals surface area contributed by atoms with Gasteiger partial charge in [-0.25, -0.2) is 14.4 Å². The van der Waals surface area contributed by atoms with Crippen molar-refractivity contribution in [3.8, 4) is 11.5 Å². The molecule has 0 fully saturated rings. The van der Waals surface area contributed by atoms with Gasteiger partial charge in [0.15, 0.2) is 5.82 Å². The summed E-state index contributed by atoms with van der Waals surface area (Å²) in [6, 6.07) is 13.5. The second kappa shape index (κ2) is 5.66. The monoisotopic (exact) mass is 280 g/mol. The van der Waals surface area contributed by atoms with Gasteiger partial charge in [-0.2, -0.15) is 0 Å². The standard InChI is InChI=1S/C16H13FN4/c1-11-10-15(20-13-7-5-12(17)6-8-13)21-16(19-11)14-4-2-3-9-18-14/h2-10H,1H3,(H,19,20,21). The Kier molecular flexibility index (Phi) is 3.55. The van der Waals surface area contributed by atoms with Crippen LogP contribution in [0.4, 0.5) is 15.9 Å². The predicted molar refractivity (Wildman–Crippen MR) is 79.7 cm³/mol. The summed E-state index contributed by atoms with van der Waals surface area (Å²) in [7, 11) is 0. The van der Waals surface area contributed by atoms with Crippen LogP contribution in [0.1, 0.15) is 5.69 Å². The Labute approximate surface area is 121 Å². The summed E-state index contributed by atoms with van der Waals surface area (Å²) in [5, 5.41) is 3.14. The molecule has 0 unspecified atom stereocenters. The van der Waals surface area contributed by atoms with Crippen LogP contribution in [-0.4, -0.2) is 15.0 Å². The highest BCUT2D eigenvalue weighted by Gasteiger charge is 2.06. The highest BCUT2D eigenvalue weighted by molar-refractivity contribution is 5.59. The molecule has 2 aromatic heterocycles. The lowest BCUT2D eigenvalue weighted by molar-refractivity contribution is 0.628. The number of anilines is 2. The molecule has 5 heteroatoms. The van der Waals surface area contributed by atoms with Crippen LogP contribution in [-0.2, 0) is 0 Å². The molecular formula is C16H13FN4. The van der Waals surface area contributed by atoms with Gasteiger partial charge in [-0.3, -0.25) is 4.98 Å². The molecule has 3 aromatic rings. The molecule has 0 radical (unpaired) electrons. The number of nitrogens with zero attached hydrogens (tertiary/aromatic N) is 3. The molecule has 0 saturated carbocycles. The molecule has 1 aromatic carbocycles. The first-order chi connectivity index (χ1) is 10.2. The van der Waals surface area contributed by atoms with Gasteiger partial charge in [-0.05, 0) is 43.3 Å². The van der Waals surface area contributed by atoms with Crippen molar-refractivity contribution >= 4 is 11.5 Å². The summed E-state index contributed by atoms with van der Waals surface area (Å²) >= 11 is 0. The van der Waals surface area contributed by atoms with Gasteiger partial charge in [-0.1, -0.05) is 6.07 Å². The van der Waals surface area contributed by atoms with Crippen molar-refractivity contribution in [3.05, 3.63) is 66.2 Å². The highest BCUT2D eigenvalue weighted by Crippen LogP contribution is 2.19. The first-order valence-corrected chi connectivity index (χ1v) is 6.50. The van der Waals surface area contributed by atoms with Crippen LogP contribution in [0.5, 0.6) is 0 Å². The number of aryl methyl sites for hydroxylation is 1. The van der Waals surface area contributed by atoms with E-state index in [1.807, 2.05) is 31.2 Å². The Morgan fingerprint density at radius 1 is 1.00 bits per heavy atom. The fourth-order valence-corrected chi connectivity index (χ4v) is 1.92. The Bertz CT molecular complexity index is 742. The summed E-state index contributed by atoms with van der Waals surface area (Å²) in [6.45, 7) is 1.89. The van der Waals surface area contributed by atoms with Gasteiger partial charge in [0.05, 0.1) is 0 Å². The minimum absolute atomic E-state index is 0.270. The van der Waals surface area contributed by atoms with Gasteiger partial charge < -0.3 is 5.32 Å². The zero-order valence-electron chi connectivity index (χ0n) is 11.4. The zero-order chi connectivity index (χ0) is 14.7. The number of aromatic nitrogens is 3. The van der Waals surface area contributed by atoms with Gasteiger partial charge in [0.25, 0.3) is 0 Å². The van der Waals surface area contributed by atoms with E-state index in [1.165, 1.54) is 12.1 Å². The molecular weight excluding hydrogens is 267 g/mol. The molecule has 0 bridgehead atoms. The molecule has 3 rings (SSSR count). The predicted octanol–water partition coefficient (Wildman–Crippen LogP) is 3.73. The van der Waals surface area contributed by atoms with Crippen molar-refractivity contribution in [2.75, 3.05) is 5.32 Å². The average molecular weight is 280 g/mol. The van der Waals surface area contributed by atoms with E-state index in [-0.39, 0.29) is 5.82 Å². The quantitative estimate of drug-likeness (QED) is 0.794. The van der Waals surface area contributed by atoms with E-state index in [0.717, 1.165) is 11.4 Å². The fraction of sp³-hybridized carbons (Fsp3) is 0.0625. The van der Waals surface area contributed by atoms with Gasteiger partial charge >= 0.3 is 0 Å². The molecule has 0 saturated heterocycles. The molecule has 0 atom stereocenters. The van der Waals surface area contributed by atoms with Gasteiger partial charge in [0.1, 0.15) is 17.3 Å². The van der Waals surface area contributed by atoms with Crippen molar-refractivity contribution in [3.63, 3.8) is 0 Å². The number of nitrogens with one attached hydrogen (secondary N) is 1. The van der Waals surface area contributed by atoms with Gasteiger partial charge in [-0.15, -0.1) is 0 Å². The van der Waals surface area contributed by atoms with Crippen molar-refractivity contribution in [2.24, 2.45) is 0 Å². The van der Waals surface area contributed by atoms with E-state index < -0.39 is 0 Å². The van der Waals surface area contributed by atoms with E-state index in [9.17, 15) is 4.39 Å². The maximum Gasteiger partial charge on any atom is 0.180 e. The number of pyridine rings is 1. The number of benzene rings is 1. The summed E-state index contributed by atoms with van der Waals surface area (Å²) in [5.74, 6) is 0.934. The Morgan fingerprint density at radius 3 is 2.52 bits per heavy atom. The lowest BCUT2D eigenvalue weighted by atomic mass is 10.3. The van der Waals surface area contributed by atoms with E-state index in [0.29, 0.717) is 17.3 Å². The third kappa shape index (κ3) is 3.20. The van der Waals surface area contributed by atoms with Crippen LogP contribution < -0.4 is 5.32 Å². The molecule has 0 amide bonds. The van der Waals surface area contributed by atoms with E-state index >= 15 is 0 Å². The minimum Gasteiger partial charge on any atom is -0.340 e. The molecule has 2 heterocycles. The molecule has 21 heavy (non-hydrogen) atoms. The molecule has 104 valence electrons. The Hall–Kier alpha value is -2.82. The van der Waals surface area contributed by atoms with Crippen LogP contribution in [0, 0.1) is 12.7 Å². The van der Waals surface area contributed by atoms with Crippen molar-refractivity contribution in [1.82, 2.24) is 15.0 Å². The van der Waals surface area contributed by atoms with Crippen LogP contribution in [0.15, 0.2) is 54.7 Å². The third-order valence-corrected chi connectivity index (χ3v) is 2.86. The minimum atomic E-state index is -0.270. The van der Waals surface area contributed by atoms with E-state index in [4.69, 9.17) is 0 Å². The smallest absolute Gasteiger partial charge is 0.180 e. The molecule has 0 spiro atoms. The summed E-state index contributed by atoms with van der Waals surface area (Å²) < 4.78 is 12.9. The fourth-order valence-electron chi connectivity index (χ4n) is 1.92. The highest BCUT2D eigenvalue weighted by atomic mass is 19.1. The molecule has 1 N–H and O–H groups in total. The maximum absolute atomic E-state index is 12.9. The normalized spacial score (nSPS) is 10.4. The van der Waals surface area contributed by atoms with Crippen molar-refractivity contribution < 1.29 is 4.39 Å². The summed E-state index contributed by atoms with van der Waals surface area (Å²) in [6.07, 6.45) is 1.70. The number of hydrogen-bond acceptors (Lipinski definition) is 4. The first kappa shape index (κ1) is 13.2. The molecule has 0 aliphatic heterocycles. The Morgan fingerprint density at radius 2 is 1.81 bits per heavy atom. The molecule has 4 nitrogen and oxygen atoms in total. The van der Waals surface area contributed by atoms with Crippen LogP contribution in [0.3, 0.4) is 0 Å². The van der Waals surface area contributed by atoms with E-state index in [2.05, 4.69) is 20.3 Å². The largest absolute Gasteiger partial charge is 0.340 e. The number of rotatable bonds is 3.